The highest BCUT2D eigenvalue weighted by Crippen LogP contribution is 2.31. The second-order valence-corrected chi connectivity index (χ2v) is 7.73. The largest absolute Gasteiger partial charge is 0.392 e. The van der Waals surface area contributed by atoms with Gasteiger partial charge in [-0.2, -0.15) is 0 Å². The molecule has 0 aliphatic rings. The number of aromatic nitrogens is 1. The molecule has 0 atom stereocenters. The van der Waals surface area contributed by atoms with Gasteiger partial charge in [0.1, 0.15) is 5.02 Å². The maximum absolute atomic E-state index is 13.0. The van der Waals surface area contributed by atoms with Gasteiger partial charge >= 0.3 is 0 Å². The highest BCUT2D eigenvalue weighted by Gasteiger charge is 2.24. The number of halogens is 1. The Kier molecular flexibility index (Phi) is 4.28. The zero-order chi connectivity index (χ0) is 18.4. The Hall–Kier alpha value is -2.42. The van der Waals surface area contributed by atoms with E-state index in [0.29, 0.717) is 16.5 Å². The standard InChI is InChI=1S/C16H13ClN2O5S/c1-10-2-4-13-11(9-20)8-18(15(13)6-10)25(23,24)12-3-5-14(17)16(7-12)19(21)22/h2-8,20H,9H2,1H3. The Labute approximate surface area is 148 Å². The van der Waals surface area contributed by atoms with Crippen molar-refractivity contribution in [3.05, 3.63) is 68.9 Å². The fourth-order valence-electron chi connectivity index (χ4n) is 2.61. The first-order valence-electron chi connectivity index (χ1n) is 7.16. The van der Waals surface area contributed by atoms with Gasteiger partial charge < -0.3 is 5.11 Å². The molecule has 130 valence electrons. The Morgan fingerprint density at radius 1 is 1.24 bits per heavy atom. The Balaban J connectivity index is 2.29. The molecule has 0 radical (unpaired) electrons. The zero-order valence-corrected chi connectivity index (χ0v) is 14.6. The lowest BCUT2D eigenvalue weighted by molar-refractivity contribution is -0.384. The minimum atomic E-state index is -4.10. The first-order valence-corrected chi connectivity index (χ1v) is 8.98. The van der Waals surface area contributed by atoms with Crippen molar-refractivity contribution >= 4 is 38.2 Å². The maximum atomic E-state index is 13.0. The van der Waals surface area contributed by atoms with Crippen molar-refractivity contribution in [2.75, 3.05) is 0 Å². The topological polar surface area (TPSA) is 102 Å². The van der Waals surface area contributed by atoms with E-state index in [2.05, 4.69) is 0 Å². The van der Waals surface area contributed by atoms with E-state index in [1.807, 2.05) is 13.0 Å². The Morgan fingerprint density at radius 2 is 1.96 bits per heavy atom. The summed E-state index contributed by atoms with van der Waals surface area (Å²) in [5.41, 5.74) is 1.19. The van der Waals surface area contributed by atoms with Gasteiger partial charge in [0.2, 0.25) is 0 Å². The first kappa shape index (κ1) is 17.4. The summed E-state index contributed by atoms with van der Waals surface area (Å²) >= 11 is 5.75. The van der Waals surface area contributed by atoms with E-state index in [1.54, 1.807) is 12.1 Å². The normalized spacial score (nSPS) is 11.8. The van der Waals surface area contributed by atoms with E-state index >= 15 is 0 Å². The maximum Gasteiger partial charge on any atom is 0.289 e. The Morgan fingerprint density at radius 3 is 2.60 bits per heavy atom. The van der Waals surface area contributed by atoms with Crippen LogP contribution in [0.1, 0.15) is 11.1 Å². The van der Waals surface area contributed by atoms with Crippen molar-refractivity contribution in [1.29, 1.82) is 0 Å². The predicted octanol–water partition coefficient (Wildman–Crippen LogP) is 3.24. The monoisotopic (exact) mass is 380 g/mol. The molecule has 0 unspecified atom stereocenters. The van der Waals surface area contributed by atoms with Gasteiger partial charge in [-0.25, -0.2) is 12.4 Å². The summed E-state index contributed by atoms with van der Waals surface area (Å²) in [6, 6.07) is 8.54. The van der Waals surface area contributed by atoms with Crippen LogP contribution in [0.5, 0.6) is 0 Å². The fourth-order valence-corrected chi connectivity index (χ4v) is 4.20. The molecule has 7 nitrogen and oxygen atoms in total. The van der Waals surface area contributed by atoms with Crippen molar-refractivity contribution in [1.82, 2.24) is 3.97 Å². The average molecular weight is 381 g/mol. The van der Waals surface area contributed by atoms with Crippen LogP contribution in [-0.4, -0.2) is 22.4 Å². The first-order chi connectivity index (χ1) is 11.8. The third-order valence-corrected chi connectivity index (χ3v) is 5.84. The van der Waals surface area contributed by atoms with Gasteiger partial charge in [0, 0.05) is 23.2 Å². The summed E-state index contributed by atoms with van der Waals surface area (Å²) < 4.78 is 27.0. The van der Waals surface area contributed by atoms with Gasteiger partial charge in [0.25, 0.3) is 15.7 Å². The van der Waals surface area contributed by atoms with Crippen LogP contribution in [0.15, 0.2) is 47.5 Å². The summed E-state index contributed by atoms with van der Waals surface area (Å²) in [6.07, 6.45) is 1.32. The molecule has 0 saturated carbocycles. The highest BCUT2D eigenvalue weighted by molar-refractivity contribution is 7.90. The van der Waals surface area contributed by atoms with Crippen molar-refractivity contribution in [3.8, 4) is 0 Å². The van der Waals surface area contributed by atoms with Crippen molar-refractivity contribution in [2.45, 2.75) is 18.4 Å². The minimum Gasteiger partial charge on any atom is -0.392 e. The number of rotatable bonds is 4. The number of nitro groups is 1. The summed E-state index contributed by atoms with van der Waals surface area (Å²) in [6.45, 7) is 1.48. The zero-order valence-electron chi connectivity index (χ0n) is 13.0. The summed E-state index contributed by atoms with van der Waals surface area (Å²) in [4.78, 5) is 10.0. The summed E-state index contributed by atoms with van der Waals surface area (Å²) in [5, 5.41) is 21.0. The average Bonchev–Trinajstić information content (AvgIpc) is 2.93. The molecule has 3 aromatic rings. The van der Waals surface area contributed by atoms with Crippen LogP contribution in [0.4, 0.5) is 5.69 Å². The van der Waals surface area contributed by atoms with Crippen LogP contribution >= 0.6 is 11.6 Å². The molecule has 0 aliphatic heterocycles. The number of aliphatic hydroxyl groups is 1. The predicted molar refractivity (Wildman–Crippen MR) is 93.3 cm³/mol. The molecule has 0 fully saturated rings. The number of aliphatic hydroxyl groups excluding tert-OH is 1. The fraction of sp³-hybridized carbons (Fsp3) is 0.125. The SMILES string of the molecule is Cc1ccc2c(CO)cn(S(=O)(=O)c3ccc(Cl)c([N+](=O)[O-])c3)c2c1. The van der Waals surface area contributed by atoms with Gasteiger partial charge in [-0.3, -0.25) is 10.1 Å². The third kappa shape index (κ3) is 2.88. The van der Waals surface area contributed by atoms with E-state index in [9.17, 15) is 23.6 Å². The number of benzene rings is 2. The molecular formula is C16H13ClN2O5S. The van der Waals surface area contributed by atoms with Crippen molar-refractivity contribution in [3.63, 3.8) is 0 Å². The molecule has 1 aromatic heterocycles. The van der Waals surface area contributed by atoms with Gasteiger partial charge in [0.05, 0.1) is 21.9 Å². The molecular weight excluding hydrogens is 368 g/mol. The number of hydrogen-bond donors (Lipinski definition) is 1. The molecule has 1 heterocycles. The third-order valence-electron chi connectivity index (χ3n) is 3.85. The lowest BCUT2D eigenvalue weighted by Gasteiger charge is -2.08. The summed E-state index contributed by atoms with van der Waals surface area (Å²) in [5.74, 6) is 0. The lowest BCUT2D eigenvalue weighted by Crippen LogP contribution is -2.12. The number of fused-ring (bicyclic) bond motifs is 1. The van der Waals surface area contributed by atoms with E-state index < -0.39 is 20.6 Å². The smallest absolute Gasteiger partial charge is 0.289 e. The van der Waals surface area contributed by atoms with Crippen molar-refractivity contribution in [2.24, 2.45) is 0 Å². The molecule has 3 rings (SSSR count). The molecule has 0 spiro atoms. The van der Waals surface area contributed by atoms with Gasteiger partial charge in [-0.15, -0.1) is 0 Å². The van der Waals surface area contributed by atoms with Crippen LogP contribution < -0.4 is 0 Å². The summed E-state index contributed by atoms with van der Waals surface area (Å²) in [7, 11) is -4.10. The van der Waals surface area contributed by atoms with E-state index in [1.165, 1.54) is 18.3 Å². The quantitative estimate of drug-likeness (QED) is 0.553. The van der Waals surface area contributed by atoms with Crippen LogP contribution in [0.3, 0.4) is 0 Å². The lowest BCUT2D eigenvalue weighted by atomic mass is 10.1. The minimum absolute atomic E-state index is 0.145. The van der Waals surface area contributed by atoms with E-state index in [-0.39, 0.29) is 16.5 Å². The van der Waals surface area contributed by atoms with E-state index in [4.69, 9.17) is 11.6 Å². The van der Waals surface area contributed by atoms with Gasteiger partial charge in [-0.1, -0.05) is 23.7 Å². The molecule has 0 saturated heterocycles. The molecule has 1 N–H and O–H groups in total. The second kappa shape index (κ2) is 6.14. The Bertz CT molecular complexity index is 1110. The van der Waals surface area contributed by atoms with Gasteiger partial charge in [-0.05, 0) is 30.7 Å². The van der Waals surface area contributed by atoms with Crippen LogP contribution in [0.2, 0.25) is 5.02 Å². The van der Waals surface area contributed by atoms with E-state index in [0.717, 1.165) is 15.6 Å². The molecule has 25 heavy (non-hydrogen) atoms. The number of hydrogen-bond acceptors (Lipinski definition) is 5. The molecule has 0 aliphatic carbocycles. The number of nitro benzene ring substituents is 1. The van der Waals surface area contributed by atoms with Crippen LogP contribution in [-0.2, 0) is 16.6 Å². The number of nitrogens with zero attached hydrogens (tertiary/aromatic N) is 2. The van der Waals surface area contributed by atoms with Crippen LogP contribution in [0, 0.1) is 17.0 Å². The van der Waals surface area contributed by atoms with Crippen molar-refractivity contribution < 1.29 is 18.4 Å². The molecule has 9 heteroatoms. The second-order valence-electron chi connectivity index (χ2n) is 5.50. The molecule has 0 amide bonds. The molecule has 0 bridgehead atoms. The van der Waals surface area contributed by atoms with Crippen LogP contribution in [0.25, 0.3) is 10.9 Å². The molecule has 2 aromatic carbocycles. The highest BCUT2D eigenvalue weighted by atomic mass is 35.5. The number of aryl methyl sites for hydroxylation is 1. The van der Waals surface area contributed by atoms with Gasteiger partial charge in [0.15, 0.2) is 0 Å².